The predicted molar refractivity (Wildman–Crippen MR) is 149 cm³/mol. The third-order valence-electron chi connectivity index (χ3n) is 6.26. The van der Waals surface area contributed by atoms with Gasteiger partial charge in [-0.3, -0.25) is 14.5 Å². The SMILES string of the molecule is Cc1ccc(C)c(OCCN2C(=O)S/C(=C\c3ccccc3OCc3cccc4ccccc34)C2=O)c1. The highest BCUT2D eigenvalue weighted by molar-refractivity contribution is 8.18. The van der Waals surface area contributed by atoms with Gasteiger partial charge in [-0.25, -0.2) is 0 Å². The molecule has 0 radical (unpaired) electrons. The number of aryl methyl sites for hydroxylation is 2. The highest BCUT2D eigenvalue weighted by Crippen LogP contribution is 2.34. The van der Waals surface area contributed by atoms with E-state index in [0.717, 1.165) is 50.5 Å². The van der Waals surface area contributed by atoms with Crippen LogP contribution in [0.15, 0.2) is 89.8 Å². The van der Waals surface area contributed by atoms with Crippen LogP contribution in [-0.2, 0) is 11.4 Å². The minimum atomic E-state index is -0.316. The van der Waals surface area contributed by atoms with Crippen molar-refractivity contribution < 1.29 is 19.1 Å². The number of benzene rings is 4. The molecular formula is C31H27NO4S. The van der Waals surface area contributed by atoms with Crippen LogP contribution < -0.4 is 9.47 Å². The lowest BCUT2D eigenvalue weighted by molar-refractivity contribution is -0.123. The number of rotatable bonds is 8. The lowest BCUT2D eigenvalue weighted by atomic mass is 10.1. The molecule has 1 fully saturated rings. The second-order valence-electron chi connectivity index (χ2n) is 8.92. The molecule has 1 aliphatic heterocycles. The average Bonchev–Trinajstić information content (AvgIpc) is 3.17. The monoisotopic (exact) mass is 509 g/mol. The molecule has 6 heteroatoms. The minimum absolute atomic E-state index is 0.189. The van der Waals surface area contributed by atoms with Crippen LogP contribution in [0, 0.1) is 13.8 Å². The van der Waals surface area contributed by atoms with E-state index in [0.29, 0.717) is 17.3 Å². The summed E-state index contributed by atoms with van der Waals surface area (Å²) in [5, 5.41) is 2.01. The molecule has 0 aliphatic carbocycles. The molecule has 4 aromatic carbocycles. The van der Waals surface area contributed by atoms with Crippen molar-refractivity contribution in [3.63, 3.8) is 0 Å². The second kappa shape index (κ2) is 10.9. The number of fused-ring (bicyclic) bond motifs is 1. The summed E-state index contributed by atoms with van der Waals surface area (Å²) in [6.45, 7) is 4.78. The highest BCUT2D eigenvalue weighted by atomic mass is 32.2. The molecule has 1 heterocycles. The van der Waals surface area contributed by atoms with Crippen LogP contribution in [0.25, 0.3) is 16.8 Å². The molecule has 5 nitrogen and oxygen atoms in total. The Hall–Kier alpha value is -4.03. The maximum atomic E-state index is 13.0. The van der Waals surface area contributed by atoms with Gasteiger partial charge in [0, 0.05) is 5.56 Å². The Morgan fingerprint density at radius 1 is 0.838 bits per heavy atom. The Morgan fingerprint density at radius 2 is 1.62 bits per heavy atom. The van der Waals surface area contributed by atoms with E-state index in [2.05, 4.69) is 24.3 Å². The van der Waals surface area contributed by atoms with E-state index in [4.69, 9.17) is 9.47 Å². The minimum Gasteiger partial charge on any atom is -0.491 e. The van der Waals surface area contributed by atoms with Crippen molar-refractivity contribution in [1.82, 2.24) is 4.90 Å². The summed E-state index contributed by atoms with van der Waals surface area (Å²) in [5.74, 6) is 1.10. The largest absolute Gasteiger partial charge is 0.491 e. The first-order valence-corrected chi connectivity index (χ1v) is 12.9. The first kappa shape index (κ1) is 24.7. The van der Waals surface area contributed by atoms with Crippen molar-refractivity contribution in [2.45, 2.75) is 20.5 Å². The number of carbonyl (C=O) groups excluding carboxylic acids is 2. The van der Waals surface area contributed by atoms with Crippen molar-refractivity contribution in [2.24, 2.45) is 0 Å². The number of nitrogens with zero attached hydrogens (tertiary/aromatic N) is 1. The van der Waals surface area contributed by atoms with Gasteiger partial charge in [-0.1, -0.05) is 72.8 Å². The molecule has 0 saturated carbocycles. The third kappa shape index (κ3) is 5.54. The predicted octanol–water partition coefficient (Wildman–Crippen LogP) is 7.15. The molecule has 4 aromatic rings. The Labute approximate surface area is 220 Å². The van der Waals surface area contributed by atoms with E-state index < -0.39 is 0 Å². The van der Waals surface area contributed by atoms with Crippen LogP contribution in [0.4, 0.5) is 4.79 Å². The number of para-hydroxylation sites is 1. The van der Waals surface area contributed by atoms with Crippen molar-refractivity contribution in [2.75, 3.05) is 13.2 Å². The van der Waals surface area contributed by atoms with E-state index in [1.165, 1.54) is 4.90 Å². The molecule has 0 aromatic heterocycles. The molecule has 5 rings (SSSR count). The molecule has 0 unspecified atom stereocenters. The smallest absolute Gasteiger partial charge is 0.293 e. The summed E-state index contributed by atoms with van der Waals surface area (Å²) in [6, 6.07) is 27.9. The Kier molecular flexibility index (Phi) is 7.28. The standard InChI is InChI=1S/C31H27NO4S/c1-21-14-15-22(2)28(18-21)35-17-16-32-30(33)29(37-31(32)34)19-24-9-4-6-13-27(24)36-20-25-11-7-10-23-8-3-5-12-26(23)25/h3-15,18-19H,16-17,20H2,1-2H3/b29-19-. The van der Waals surface area contributed by atoms with Crippen LogP contribution >= 0.6 is 11.8 Å². The summed E-state index contributed by atoms with van der Waals surface area (Å²) < 4.78 is 12.0. The lowest BCUT2D eigenvalue weighted by Gasteiger charge is -2.15. The van der Waals surface area contributed by atoms with E-state index in [1.807, 2.05) is 74.5 Å². The molecule has 1 aliphatic rings. The van der Waals surface area contributed by atoms with Gasteiger partial charge in [0.1, 0.15) is 24.7 Å². The first-order valence-electron chi connectivity index (χ1n) is 12.1. The van der Waals surface area contributed by atoms with Gasteiger partial charge >= 0.3 is 0 Å². The number of imide groups is 1. The molecule has 2 amide bonds. The maximum Gasteiger partial charge on any atom is 0.293 e. The maximum absolute atomic E-state index is 13.0. The van der Waals surface area contributed by atoms with Gasteiger partial charge in [-0.15, -0.1) is 0 Å². The fraction of sp³-hybridized carbons (Fsp3) is 0.161. The summed E-state index contributed by atoms with van der Waals surface area (Å²) in [4.78, 5) is 27.3. The van der Waals surface area contributed by atoms with Crippen molar-refractivity contribution in [1.29, 1.82) is 0 Å². The molecule has 37 heavy (non-hydrogen) atoms. The zero-order valence-electron chi connectivity index (χ0n) is 20.8. The summed E-state index contributed by atoms with van der Waals surface area (Å²) in [5.41, 5.74) is 3.94. The fourth-order valence-corrected chi connectivity index (χ4v) is 5.10. The van der Waals surface area contributed by atoms with Gasteiger partial charge in [-0.05, 0) is 71.3 Å². The summed E-state index contributed by atoms with van der Waals surface area (Å²) >= 11 is 0.941. The molecule has 0 bridgehead atoms. The van der Waals surface area contributed by atoms with Gasteiger partial charge in [0.25, 0.3) is 11.1 Å². The van der Waals surface area contributed by atoms with E-state index in [1.54, 1.807) is 6.08 Å². The Morgan fingerprint density at radius 3 is 2.51 bits per heavy atom. The quantitative estimate of drug-likeness (QED) is 0.236. The summed E-state index contributed by atoms with van der Waals surface area (Å²) in [6.07, 6.45) is 1.73. The Bertz CT molecular complexity index is 1510. The normalized spacial score (nSPS) is 14.5. The number of hydrogen-bond donors (Lipinski definition) is 0. The molecule has 1 saturated heterocycles. The van der Waals surface area contributed by atoms with Crippen molar-refractivity contribution in [3.05, 3.63) is 112 Å². The fourth-order valence-electron chi connectivity index (χ4n) is 4.25. The van der Waals surface area contributed by atoms with Gasteiger partial charge in [0.15, 0.2) is 0 Å². The van der Waals surface area contributed by atoms with E-state index in [9.17, 15) is 9.59 Å². The lowest BCUT2D eigenvalue weighted by Crippen LogP contribution is -2.32. The van der Waals surface area contributed by atoms with Gasteiger partial charge < -0.3 is 9.47 Å². The number of carbonyl (C=O) groups is 2. The van der Waals surface area contributed by atoms with Crippen LogP contribution in [0.2, 0.25) is 0 Å². The first-order chi connectivity index (χ1) is 18.0. The second-order valence-corrected chi connectivity index (χ2v) is 9.91. The van der Waals surface area contributed by atoms with Gasteiger partial charge in [-0.2, -0.15) is 0 Å². The average molecular weight is 510 g/mol. The number of thioether (sulfide) groups is 1. The van der Waals surface area contributed by atoms with Gasteiger partial charge in [0.05, 0.1) is 11.4 Å². The number of ether oxygens (including phenoxy) is 2. The van der Waals surface area contributed by atoms with E-state index in [-0.39, 0.29) is 24.3 Å². The molecule has 186 valence electrons. The third-order valence-corrected chi connectivity index (χ3v) is 7.17. The molecular weight excluding hydrogens is 482 g/mol. The van der Waals surface area contributed by atoms with E-state index >= 15 is 0 Å². The Balaban J connectivity index is 1.27. The zero-order chi connectivity index (χ0) is 25.8. The topological polar surface area (TPSA) is 55.8 Å². The molecule has 0 N–H and O–H groups in total. The number of hydrogen-bond acceptors (Lipinski definition) is 5. The molecule has 0 spiro atoms. The molecule has 0 atom stereocenters. The summed E-state index contributed by atoms with van der Waals surface area (Å²) in [7, 11) is 0. The van der Waals surface area contributed by atoms with Crippen LogP contribution in [0.1, 0.15) is 22.3 Å². The van der Waals surface area contributed by atoms with Crippen LogP contribution in [0.3, 0.4) is 0 Å². The van der Waals surface area contributed by atoms with Gasteiger partial charge in [0.2, 0.25) is 0 Å². The zero-order valence-corrected chi connectivity index (χ0v) is 21.6. The highest BCUT2D eigenvalue weighted by Gasteiger charge is 2.35. The van der Waals surface area contributed by atoms with Crippen molar-refractivity contribution in [3.8, 4) is 11.5 Å². The van der Waals surface area contributed by atoms with Crippen LogP contribution in [-0.4, -0.2) is 29.2 Å². The number of amides is 2. The van der Waals surface area contributed by atoms with Crippen LogP contribution in [0.5, 0.6) is 11.5 Å². The van der Waals surface area contributed by atoms with Crippen molar-refractivity contribution >= 4 is 39.8 Å².